The third kappa shape index (κ3) is 5.24. The van der Waals surface area contributed by atoms with E-state index in [1.54, 1.807) is 6.92 Å². The van der Waals surface area contributed by atoms with Crippen LogP contribution in [0, 0.1) is 6.92 Å². The molecule has 0 aromatic carbocycles. The van der Waals surface area contributed by atoms with Gasteiger partial charge in [-0.2, -0.15) is 18.2 Å². The molecule has 1 aromatic rings. The highest BCUT2D eigenvalue weighted by atomic mass is 19.4. The van der Waals surface area contributed by atoms with Crippen LogP contribution in [0.3, 0.4) is 0 Å². The van der Waals surface area contributed by atoms with Gasteiger partial charge in [0.1, 0.15) is 0 Å². The van der Waals surface area contributed by atoms with Crippen LogP contribution < -0.4 is 5.32 Å². The molecule has 4 nitrogen and oxygen atoms in total. The molecule has 0 saturated carbocycles. The van der Waals surface area contributed by atoms with Crippen LogP contribution in [-0.2, 0) is 0 Å². The maximum atomic E-state index is 11.7. The lowest BCUT2D eigenvalue weighted by molar-refractivity contribution is -0.135. The highest BCUT2D eigenvalue weighted by Gasteiger charge is 2.25. The zero-order chi connectivity index (χ0) is 11.3. The molecule has 0 saturated heterocycles. The van der Waals surface area contributed by atoms with Crippen LogP contribution in [-0.4, -0.2) is 22.9 Å². The molecule has 0 spiro atoms. The van der Waals surface area contributed by atoms with Gasteiger partial charge in [-0.15, -0.1) is 0 Å². The molecule has 15 heavy (non-hydrogen) atoms. The maximum absolute atomic E-state index is 11.7. The lowest BCUT2D eigenvalue weighted by atomic mass is 10.2. The summed E-state index contributed by atoms with van der Waals surface area (Å²) in [5, 5.41) is 6.27. The highest BCUT2D eigenvalue weighted by Crippen LogP contribution is 2.21. The first-order valence-corrected chi connectivity index (χ1v) is 4.58. The second kappa shape index (κ2) is 4.99. The van der Waals surface area contributed by atoms with E-state index in [4.69, 9.17) is 4.52 Å². The predicted octanol–water partition coefficient (Wildman–Crippen LogP) is 2.52. The third-order valence-corrected chi connectivity index (χ3v) is 1.69. The number of nitrogens with zero attached hydrogens (tertiary/aromatic N) is 2. The van der Waals surface area contributed by atoms with Gasteiger partial charge in [0.25, 0.3) is 0 Å². The molecule has 0 fully saturated rings. The van der Waals surface area contributed by atoms with E-state index in [2.05, 4.69) is 15.5 Å². The topological polar surface area (TPSA) is 51.0 Å². The van der Waals surface area contributed by atoms with E-state index in [9.17, 15) is 13.2 Å². The van der Waals surface area contributed by atoms with Crippen LogP contribution in [0.4, 0.5) is 19.2 Å². The van der Waals surface area contributed by atoms with Crippen LogP contribution in [0.2, 0.25) is 0 Å². The molecule has 0 unspecified atom stereocenters. The fraction of sp³-hybridized carbons (Fsp3) is 0.750. The molecule has 86 valence electrons. The third-order valence-electron chi connectivity index (χ3n) is 1.69. The van der Waals surface area contributed by atoms with Crippen LogP contribution in [0.25, 0.3) is 0 Å². The number of anilines is 1. The molecule has 0 bridgehead atoms. The molecule has 0 radical (unpaired) electrons. The highest BCUT2D eigenvalue weighted by molar-refractivity contribution is 5.17. The lowest BCUT2D eigenvalue weighted by Crippen LogP contribution is -2.08. The average Bonchev–Trinajstić information content (AvgIpc) is 2.49. The van der Waals surface area contributed by atoms with Crippen molar-refractivity contribution in [2.75, 3.05) is 11.9 Å². The van der Waals surface area contributed by atoms with Crippen molar-refractivity contribution in [3.63, 3.8) is 0 Å². The summed E-state index contributed by atoms with van der Waals surface area (Å²) >= 11 is 0. The number of hydrogen-bond donors (Lipinski definition) is 1. The normalized spacial score (nSPS) is 11.7. The summed E-state index contributed by atoms with van der Waals surface area (Å²) in [6.07, 6.45) is -4.30. The van der Waals surface area contributed by atoms with E-state index in [0.29, 0.717) is 18.8 Å². The molecule has 1 aromatic heterocycles. The van der Waals surface area contributed by atoms with Gasteiger partial charge < -0.3 is 9.84 Å². The van der Waals surface area contributed by atoms with Gasteiger partial charge in [-0.05, 0) is 19.8 Å². The van der Waals surface area contributed by atoms with E-state index in [0.717, 1.165) is 0 Å². The lowest BCUT2D eigenvalue weighted by Gasteiger charge is -2.05. The van der Waals surface area contributed by atoms with Gasteiger partial charge in [0.15, 0.2) is 5.82 Å². The van der Waals surface area contributed by atoms with Crippen molar-refractivity contribution in [1.82, 2.24) is 10.1 Å². The molecule has 7 heteroatoms. The fourth-order valence-electron chi connectivity index (χ4n) is 1.01. The molecule has 0 aliphatic rings. The number of nitrogens with one attached hydrogen (secondary N) is 1. The van der Waals surface area contributed by atoms with Gasteiger partial charge in [0.05, 0.1) is 0 Å². The smallest absolute Gasteiger partial charge is 0.338 e. The van der Waals surface area contributed by atoms with E-state index in [-0.39, 0.29) is 12.4 Å². The Kier molecular flexibility index (Phi) is 3.93. The number of rotatable bonds is 5. The molecular formula is C8H12F3N3O. The first kappa shape index (κ1) is 11.8. The molecule has 1 N–H and O–H groups in total. The largest absolute Gasteiger partial charge is 0.389 e. The Morgan fingerprint density at radius 2 is 2.07 bits per heavy atom. The van der Waals surface area contributed by atoms with E-state index < -0.39 is 12.6 Å². The summed E-state index contributed by atoms with van der Waals surface area (Å²) in [5.41, 5.74) is 0. The summed E-state index contributed by atoms with van der Waals surface area (Å²) in [5.74, 6) is 0.493. The zero-order valence-electron chi connectivity index (χ0n) is 8.26. The zero-order valence-corrected chi connectivity index (χ0v) is 8.26. The SMILES string of the molecule is Cc1noc(NCCCCC(F)(F)F)n1. The van der Waals surface area contributed by atoms with Gasteiger partial charge in [-0.25, -0.2) is 0 Å². The minimum absolute atomic E-state index is 0.101. The summed E-state index contributed by atoms with van der Waals surface area (Å²) < 4.78 is 40.0. The van der Waals surface area contributed by atoms with Crippen molar-refractivity contribution < 1.29 is 17.7 Å². The summed E-state index contributed by atoms with van der Waals surface area (Å²) in [6.45, 7) is 2.07. The average molecular weight is 223 g/mol. The summed E-state index contributed by atoms with van der Waals surface area (Å²) in [4.78, 5) is 3.85. The first-order chi connectivity index (χ1) is 6.97. The standard InChI is InChI=1S/C8H12F3N3O/c1-6-13-7(15-14-6)12-5-3-2-4-8(9,10)11/h2-5H2,1H3,(H,12,13,14). The predicted molar refractivity (Wildman–Crippen MR) is 47.4 cm³/mol. The Hall–Kier alpha value is -1.27. The Labute approximate surface area is 84.9 Å². The molecule has 0 aliphatic heterocycles. The van der Waals surface area contributed by atoms with Crippen LogP contribution in [0.5, 0.6) is 0 Å². The van der Waals surface area contributed by atoms with Gasteiger partial charge in [-0.3, -0.25) is 0 Å². The number of hydrogen-bond acceptors (Lipinski definition) is 4. The summed E-state index contributed by atoms with van der Waals surface area (Å²) in [6, 6.07) is 0.250. The van der Waals surface area contributed by atoms with Gasteiger partial charge in [0.2, 0.25) is 0 Å². The van der Waals surface area contributed by atoms with Crippen molar-refractivity contribution in [3.8, 4) is 0 Å². The number of aromatic nitrogens is 2. The van der Waals surface area contributed by atoms with E-state index in [1.807, 2.05) is 0 Å². The van der Waals surface area contributed by atoms with Crippen molar-refractivity contribution >= 4 is 6.01 Å². The maximum Gasteiger partial charge on any atom is 0.389 e. The Morgan fingerprint density at radius 3 is 2.60 bits per heavy atom. The minimum atomic E-state index is -4.07. The molecule has 0 atom stereocenters. The Balaban J connectivity index is 2.07. The Bertz CT molecular complexity index is 298. The Morgan fingerprint density at radius 1 is 1.33 bits per heavy atom. The summed E-state index contributed by atoms with van der Waals surface area (Å²) in [7, 11) is 0. The second-order valence-electron chi connectivity index (χ2n) is 3.15. The molecule has 1 rings (SSSR count). The molecule has 0 aliphatic carbocycles. The first-order valence-electron chi connectivity index (χ1n) is 4.58. The monoisotopic (exact) mass is 223 g/mol. The van der Waals surface area contributed by atoms with Crippen LogP contribution in [0.1, 0.15) is 25.1 Å². The molecule has 0 amide bonds. The number of aryl methyl sites for hydroxylation is 1. The number of halogens is 3. The van der Waals surface area contributed by atoms with Gasteiger partial charge >= 0.3 is 12.2 Å². The van der Waals surface area contributed by atoms with E-state index in [1.165, 1.54) is 0 Å². The van der Waals surface area contributed by atoms with Crippen molar-refractivity contribution in [1.29, 1.82) is 0 Å². The second-order valence-corrected chi connectivity index (χ2v) is 3.15. The molecule has 1 heterocycles. The molecular weight excluding hydrogens is 211 g/mol. The van der Waals surface area contributed by atoms with Gasteiger partial charge in [-0.1, -0.05) is 5.16 Å². The minimum Gasteiger partial charge on any atom is -0.338 e. The van der Waals surface area contributed by atoms with Crippen molar-refractivity contribution in [3.05, 3.63) is 5.82 Å². The fourth-order valence-corrected chi connectivity index (χ4v) is 1.01. The number of unbranched alkanes of at least 4 members (excludes halogenated alkanes) is 1. The number of alkyl halides is 3. The van der Waals surface area contributed by atoms with Gasteiger partial charge in [0, 0.05) is 13.0 Å². The van der Waals surface area contributed by atoms with Crippen LogP contribution in [0.15, 0.2) is 4.52 Å². The van der Waals surface area contributed by atoms with Crippen LogP contribution >= 0.6 is 0 Å². The van der Waals surface area contributed by atoms with E-state index >= 15 is 0 Å². The van der Waals surface area contributed by atoms with Crippen molar-refractivity contribution in [2.24, 2.45) is 0 Å². The quantitative estimate of drug-likeness (QED) is 0.779. The van der Waals surface area contributed by atoms with Crippen molar-refractivity contribution in [2.45, 2.75) is 32.4 Å².